The number of nitrogens with zero attached hydrogens (tertiary/aromatic N) is 2. The van der Waals surface area contributed by atoms with Crippen molar-refractivity contribution in [1.82, 2.24) is 19.9 Å². The molecule has 3 N–H and O–H groups in total. The van der Waals surface area contributed by atoms with E-state index in [9.17, 15) is 31.6 Å². The molecule has 1 saturated heterocycles. The van der Waals surface area contributed by atoms with Crippen molar-refractivity contribution in [2.45, 2.75) is 75.4 Å². The second kappa shape index (κ2) is 13.8. The summed E-state index contributed by atoms with van der Waals surface area (Å²) in [5.41, 5.74) is -2.26. The number of fused-ring (bicyclic) bond motifs is 1. The van der Waals surface area contributed by atoms with E-state index in [1.165, 1.54) is 30.3 Å². The lowest BCUT2D eigenvalue weighted by Crippen LogP contribution is -2.58. The minimum Gasteiger partial charge on any atom is -0.494 e. The number of sulfonamides is 1. The molecular formula is C36H40ClF2N5O7S. The number of hydrogen-bond acceptors (Lipinski definition) is 9. The number of pyridine rings is 1. The van der Waals surface area contributed by atoms with Crippen molar-refractivity contribution in [2.24, 2.45) is 11.3 Å². The van der Waals surface area contributed by atoms with Gasteiger partial charge in [-0.2, -0.15) is 0 Å². The van der Waals surface area contributed by atoms with Gasteiger partial charge in [0.15, 0.2) is 11.6 Å². The predicted molar refractivity (Wildman–Crippen MR) is 190 cm³/mol. The first kappa shape index (κ1) is 37.3. The summed E-state index contributed by atoms with van der Waals surface area (Å²) in [5, 5.41) is 6.72. The first-order chi connectivity index (χ1) is 24.5. The molecule has 0 spiro atoms. The largest absolute Gasteiger partial charge is 0.494 e. The van der Waals surface area contributed by atoms with E-state index in [0.717, 1.165) is 12.1 Å². The van der Waals surface area contributed by atoms with E-state index < -0.39 is 79.7 Å². The van der Waals surface area contributed by atoms with Gasteiger partial charge in [-0.3, -0.25) is 19.1 Å². The van der Waals surface area contributed by atoms with Crippen LogP contribution in [-0.2, 0) is 24.4 Å². The lowest BCUT2D eigenvalue weighted by Gasteiger charge is -2.36. The summed E-state index contributed by atoms with van der Waals surface area (Å²) in [5.74, 6) is -4.20. The molecule has 2 saturated carbocycles. The van der Waals surface area contributed by atoms with Crippen molar-refractivity contribution in [3.63, 3.8) is 0 Å². The Bertz CT molecular complexity index is 2060. The van der Waals surface area contributed by atoms with Crippen LogP contribution >= 0.6 is 11.6 Å². The zero-order valence-electron chi connectivity index (χ0n) is 29.0. The molecule has 6 rings (SSSR count). The summed E-state index contributed by atoms with van der Waals surface area (Å²) < 4.78 is 67.2. The number of nitrogens with one attached hydrogen (secondary N) is 3. The first-order valence-electron chi connectivity index (χ1n) is 16.8. The monoisotopic (exact) mass is 759 g/mol. The lowest BCUT2D eigenvalue weighted by molar-refractivity contribution is -0.141. The first-order valence-corrected chi connectivity index (χ1v) is 18.7. The topological polar surface area (TPSA) is 156 Å². The van der Waals surface area contributed by atoms with Crippen molar-refractivity contribution >= 4 is 55.8 Å². The zero-order chi connectivity index (χ0) is 37.7. The van der Waals surface area contributed by atoms with Crippen LogP contribution in [0.2, 0.25) is 5.02 Å². The van der Waals surface area contributed by atoms with Gasteiger partial charge >= 0.3 is 0 Å². The molecule has 3 fully saturated rings. The molecule has 3 aliphatic rings. The predicted octanol–water partition coefficient (Wildman–Crippen LogP) is 4.72. The van der Waals surface area contributed by atoms with E-state index in [1.54, 1.807) is 39.0 Å². The third-order valence-electron chi connectivity index (χ3n) is 9.72. The number of amides is 3. The highest BCUT2D eigenvalue weighted by Gasteiger charge is 2.62. The summed E-state index contributed by atoms with van der Waals surface area (Å²) in [4.78, 5) is 48.0. The highest BCUT2D eigenvalue weighted by Crippen LogP contribution is 2.46. The van der Waals surface area contributed by atoms with Crippen molar-refractivity contribution < 1.29 is 41.1 Å². The molecule has 3 amide bonds. The van der Waals surface area contributed by atoms with Crippen LogP contribution in [0.25, 0.3) is 10.8 Å². The second-order valence-electron chi connectivity index (χ2n) is 14.6. The normalized spacial score (nSPS) is 23.4. The van der Waals surface area contributed by atoms with Gasteiger partial charge in [0.1, 0.15) is 29.5 Å². The molecule has 1 aliphatic heterocycles. The van der Waals surface area contributed by atoms with Crippen molar-refractivity contribution in [3.05, 3.63) is 71.9 Å². The van der Waals surface area contributed by atoms with Gasteiger partial charge in [0.05, 0.1) is 25.1 Å². The molecule has 12 nitrogen and oxygen atoms in total. The van der Waals surface area contributed by atoms with Crippen LogP contribution in [0.4, 0.5) is 14.5 Å². The minimum atomic E-state index is -3.93. The number of methoxy groups -OCH3 is 1. The molecule has 2 aromatic carbocycles. The quantitative estimate of drug-likeness (QED) is 0.223. The fourth-order valence-corrected chi connectivity index (χ4v) is 8.08. The lowest BCUT2D eigenvalue weighted by atomic mass is 9.85. The maximum Gasteiger partial charge on any atom is 0.259 e. The Morgan fingerprint density at radius 2 is 1.85 bits per heavy atom. The van der Waals surface area contributed by atoms with Gasteiger partial charge in [0, 0.05) is 39.9 Å². The molecule has 0 unspecified atom stereocenters. The summed E-state index contributed by atoms with van der Waals surface area (Å²) in [6.45, 7) is 8.97. The van der Waals surface area contributed by atoms with Crippen LogP contribution in [0, 0.1) is 23.0 Å². The summed E-state index contributed by atoms with van der Waals surface area (Å²) in [6.07, 6.45) is 3.11. The van der Waals surface area contributed by atoms with Crippen molar-refractivity contribution in [2.75, 3.05) is 19.0 Å². The molecule has 52 heavy (non-hydrogen) atoms. The number of hydrogen-bond donors (Lipinski definition) is 3. The zero-order valence-corrected chi connectivity index (χ0v) is 30.6. The summed E-state index contributed by atoms with van der Waals surface area (Å²) >= 11 is 6.31. The van der Waals surface area contributed by atoms with Gasteiger partial charge in [-0.25, -0.2) is 22.2 Å². The third-order valence-corrected chi connectivity index (χ3v) is 11.8. The number of carbonyl (C=O) groups excluding carboxylic acids is 3. The number of likely N-dealkylation sites (tertiary alicyclic amines) is 1. The molecule has 3 aromatic rings. The van der Waals surface area contributed by atoms with Crippen LogP contribution in [0.15, 0.2) is 55.3 Å². The Morgan fingerprint density at radius 1 is 1.12 bits per heavy atom. The van der Waals surface area contributed by atoms with Gasteiger partial charge in [-0.1, -0.05) is 38.4 Å². The van der Waals surface area contributed by atoms with Gasteiger partial charge in [-0.15, -0.1) is 6.58 Å². The highest BCUT2D eigenvalue weighted by atomic mass is 35.5. The van der Waals surface area contributed by atoms with Gasteiger partial charge in [0.25, 0.3) is 5.91 Å². The van der Waals surface area contributed by atoms with Crippen LogP contribution in [-0.4, -0.2) is 78.7 Å². The number of anilines is 1. The van der Waals surface area contributed by atoms with E-state index in [2.05, 4.69) is 26.9 Å². The maximum atomic E-state index is 14.5. The maximum absolute atomic E-state index is 14.5. The number of benzene rings is 2. The number of rotatable bonds is 12. The number of ether oxygens (including phenoxy) is 2. The molecule has 0 bridgehead atoms. The number of aromatic nitrogens is 1. The fourth-order valence-electron chi connectivity index (χ4n) is 6.54. The van der Waals surface area contributed by atoms with Gasteiger partial charge < -0.3 is 25.0 Å². The van der Waals surface area contributed by atoms with E-state index in [-0.39, 0.29) is 31.0 Å². The second-order valence-corrected chi connectivity index (χ2v) is 17.0. The average molecular weight is 760 g/mol. The molecule has 0 radical (unpaired) electrons. The standard InChI is InChI=1S/C36H40ClF2N5O7S/c1-6-19-16-36(19,34(47)43-52(48,49)23-9-10-23)42-31(45)28-15-22(51-32-25-13-20(37)7-11-24(25)29(50-5)17-40-32)18-44(28)33(46)30(35(2,3)4)41-21-8-12-26(38)27(39)14-21/h6-8,11-14,17,19,22-23,28,30,41H,1,9-10,15-16,18H2,2-5H3,(H,42,45)(H,43,47)/t19-,22-,28+,30-,36-/m1/s1. The van der Waals surface area contributed by atoms with E-state index in [4.69, 9.17) is 21.1 Å². The Balaban J connectivity index is 1.32. The van der Waals surface area contributed by atoms with Crippen molar-refractivity contribution in [1.29, 1.82) is 0 Å². The fraction of sp³-hybridized carbons (Fsp3) is 0.444. The van der Waals surface area contributed by atoms with Crippen molar-refractivity contribution in [3.8, 4) is 11.6 Å². The van der Waals surface area contributed by atoms with Gasteiger partial charge in [0.2, 0.25) is 27.7 Å². The Hall–Kier alpha value is -4.50. The van der Waals surface area contributed by atoms with Crippen LogP contribution in [0.1, 0.15) is 46.5 Å². The third kappa shape index (κ3) is 7.38. The SMILES string of the molecule is C=C[C@@H]1C[C@]1(NC(=O)[C@@H]1C[C@@H](Oc2ncc(OC)c3ccc(Cl)cc23)CN1C(=O)[C@@H](Nc1ccc(F)c(F)c1)C(C)(C)C)C(=O)NS(=O)(=O)C1CC1. The average Bonchev–Trinajstić information content (AvgIpc) is 4.01. The van der Waals surface area contributed by atoms with Crippen LogP contribution in [0.5, 0.6) is 11.6 Å². The molecule has 2 heterocycles. The molecule has 1 aromatic heterocycles. The molecule has 2 aliphatic carbocycles. The number of halogens is 3. The summed E-state index contributed by atoms with van der Waals surface area (Å²) in [7, 11) is -2.43. The van der Waals surface area contributed by atoms with E-state index >= 15 is 0 Å². The van der Waals surface area contributed by atoms with E-state index in [0.29, 0.717) is 34.4 Å². The Kier molecular flexibility index (Phi) is 9.89. The van der Waals surface area contributed by atoms with Gasteiger partial charge in [-0.05, 0) is 55.0 Å². The smallest absolute Gasteiger partial charge is 0.259 e. The van der Waals surface area contributed by atoms with Crippen LogP contribution in [0.3, 0.4) is 0 Å². The molecule has 5 atom stereocenters. The summed E-state index contributed by atoms with van der Waals surface area (Å²) in [6, 6.07) is 6.04. The molecule has 278 valence electrons. The Labute approximate surface area is 305 Å². The highest BCUT2D eigenvalue weighted by molar-refractivity contribution is 7.91. The Morgan fingerprint density at radius 3 is 2.46 bits per heavy atom. The van der Waals surface area contributed by atoms with E-state index in [1.807, 2.05) is 0 Å². The molecular weight excluding hydrogens is 720 g/mol. The number of carbonyl (C=O) groups is 3. The molecule has 16 heteroatoms. The minimum absolute atomic E-state index is 0.0355. The van der Waals surface area contributed by atoms with Crippen LogP contribution < -0.4 is 24.8 Å².